The number of carbonyl (C=O) groups is 1. The predicted octanol–water partition coefficient (Wildman–Crippen LogP) is 3.32. The monoisotopic (exact) mass is 290 g/mol. The van der Waals surface area contributed by atoms with Crippen LogP contribution in [0.15, 0.2) is 42.5 Å². The lowest BCUT2D eigenvalue weighted by atomic mass is 10.1. The van der Waals surface area contributed by atoms with Crippen LogP contribution >= 0.6 is 11.6 Å². The van der Waals surface area contributed by atoms with Gasteiger partial charge in [-0.3, -0.25) is 0 Å². The van der Waals surface area contributed by atoms with Gasteiger partial charge in [-0.05, 0) is 23.8 Å². The van der Waals surface area contributed by atoms with Gasteiger partial charge >= 0.3 is 5.97 Å². The highest BCUT2D eigenvalue weighted by atomic mass is 35.5. The number of anilines is 2. The average Bonchev–Trinajstić information content (AvgIpc) is 2.46. The van der Waals surface area contributed by atoms with Gasteiger partial charge in [-0.2, -0.15) is 0 Å². The second kappa shape index (κ2) is 6.30. The maximum absolute atomic E-state index is 11.7. The van der Waals surface area contributed by atoms with E-state index in [9.17, 15) is 4.79 Å². The summed E-state index contributed by atoms with van der Waals surface area (Å²) in [6.07, 6.45) is 0. The number of nitrogens with one attached hydrogen (secondary N) is 1. The molecule has 2 aromatic rings. The number of halogens is 1. The Kier molecular flexibility index (Phi) is 4.48. The van der Waals surface area contributed by atoms with Crippen molar-refractivity contribution in [2.75, 3.05) is 18.2 Å². The quantitative estimate of drug-likeness (QED) is 0.670. The van der Waals surface area contributed by atoms with Crippen LogP contribution in [0, 0.1) is 0 Å². The van der Waals surface area contributed by atoms with E-state index in [-0.39, 0.29) is 0 Å². The third-order valence-electron chi connectivity index (χ3n) is 2.92. The van der Waals surface area contributed by atoms with Gasteiger partial charge in [0.15, 0.2) is 0 Å². The van der Waals surface area contributed by atoms with Gasteiger partial charge < -0.3 is 15.8 Å². The first-order valence-electron chi connectivity index (χ1n) is 6.07. The third-order valence-corrected chi connectivity index (χ3v) is 3.28. The average molecular weight is 291 g/mol. The molecule has 0 unspecified atom stereocenters. The molecule has 0 saturated heterocycles. The van der Waals surface area contributed by atoms with Gasteiger partial charge in [-0.15, -0.1) is 0 Å². The Morgan fingerprint density at radius 2 is 2.00 bits per heavy atom. The van der Waals surface area contributed by atoms with Crippen LogP contribution in [0.3, 0.4) is 0 Å². The molecule has 0 radical (unpaired) electrons. The number of ether oxygens (including phenoxy) is 1. The minimum Gasteiger partial charge on any atom is -0.465 e. The Labute approximate surface area is 122 Å². The van der Waals surface area contributed by atoms with Gasteiger partial charge in [-0.25, -0.2) is 4.79 Å². The number of hydrogen-bond acceptors (Lipinski definition) is 4. The van der Waals surface area contributed by atoms with Crippen LogP contribution in [0.2, 0.25) is 5.02 Å². The molecule has 0 saturated carbocycles. The first kappa shape index (κ1) is 14.2. The molecule has 3 N–H and O–H groups in total. The van der Waals surface area contributed by atoms with E-state index in [4.69, 9.17) is 22.1 Å². The molecule has 0 bridgehead atoms. The smallest absolute Gasteiger partial charge is 0.340 e. The van der Waals surface area contributed by atoms with Crippen LogP contribution in [-0.4, -0.2) is 13.1 Å². The van der Waals surface area contributed by atoms with Crippen LogP contribution in [0.5, 0.6) is 0 Å². The highest BCUT2D eigenvalue weighted by molar-refractivity contribution is 6.31. The number of benzene rings is 2. The summed E-state index contributed by atoms with van der Waals surface area (Å²) >= 11 is 6.10. The largest absolute Gasteiger partial charge is 0.465 e. The second-order valence-electron chi connectivity index (χ2n) is 4.21. The maximum Gasteiger partial charge on any atom is 0.340 e. The summed E-state index contributed by atoms with van der Waals surface area (Å²) in [6.45, 7) is 0.470. The van der Waals surface area contributed by atoms with Crippen molar-refractivity contribution in [3.63, 3.8) is 0 Å². The Hall–Kier alpha value is -2.20. The van der Waals surface area contributed by atoms with Crippen molar-refractivity contribution in [1.29, 1.82) is 0 Å². The van der Waals surface area contributed by atoms with Crippen LogP contribution in [0.4, 0.5) is 11.4 Å². The van der Waals surface area contributed by atoms with E-state index in [1.165, 1.54) is 7.11 Å². The van der Waals surface area contributed by atoms with E-state index >= 15 is 0 Å². The van der Waals surface area contributed by atoms with Gasteiger partial charge in [0.2, 0.25) is 0 Å². The molecule has 0 fully saturated rings. The van der Waals surface area contributed by atoms with Crippen LogP contribution in [0.1, 0.15) is 15.9 Å². The molecule has 0 aliphatic heterocycles. The molecule has 20 heavy (non-hydrogen) atoms. The van der Waals surface area contributed by atoms with E-state index in [0.717, 1.165) is 5.56 Å². The van der Waals surface area contributed by atoms with E-state index in [2.05, 4.69) is 5.32 Å². The Balaban J connectivity index is 2.25. The SMILES string of the molecule is COC(=O)c1cccc(N)c1NCc1ccccc1Cl. The highest BCUT2D eigenvalue weighted by Crippen LogP contribution is 2.26. The number of para-hydroxylation sites is 1. The molecule has 0 spiro atoms. The summed E-state index contributed by atoms with van der Waals surface area (Å²) in [5.74, 6) is -0.432. The van der Waals surface area contributed by atoms with Crippen molar-refractivity contribution >= 4 is 28.9 Å². The normalized spacial score (nSPS) is 10.1. The van der Waals surface area contributed by atoms with E-state index in [0.29, 0.717) is 28.5 Å². The first-order valence-corrected chi connectivity index (χ1v) is 6.45. The van der Waals surface area contributed by atoms with E-state index in [1.807, 2.05) is 24.3 Å². The second-order valence-corrected chi connectivity index (χ2v) is 4.61. The molecule has 5 heteroatoms. The zero-order valence-electron chi connectivity index (χ0n) is 11.0. The van der Waals surface area contributed by atoms with Crippen molar-refractivity contribution in [3.05, 3.63) is 58.6 Å². The lowest BCUT2D eigenvalue weighted by Gasteiger charge is -2.14. The number of esters is 1. The summed E-state index contributed by atoms with van der Waals surface area (Å²) in [7, 11) is 1.34. The number of methoxy groups -OCH3 is 1. The minimum atomic E-state index is -0.432. The molecule has 104 valence electrons. The van der Waals surface area contributed by atoms with Gasteiger partial charge in [-0.1, -0.05) is 35.9 Å². The van der Waals surface area contributed by atoms with Crippen molar-refractivity contribution < 1.29 is 9.53 Å². The van der Waals surface area contributed by atoms with E-state index < -0.39 is 5.97 Å². The molecule has 0 aliphatic rings. The molecule has 2 aromatic carbocycles. The summed E-state index contributed by atoms with van der Waals surface area (Å²) in [4.78, 5) is 11.7. The minimum absolute atomic E-state index is 0.402. The zero-order valence-corrected chi connectivity index (χ0v) is 11.8. The van der Waals surface area contributed by atoms with Gasteiger partial charge in [0.05, 0.1) is 24.0 Å². The summed E-state index contributed by atoms with van der Waals surface area (Å²) < 4.78 is 4.75. The fourth-order valence-electron chi connectivity index (χ4n) is 1.87. The number of carbonyl (C=O) groups excluding carboxylic acids is 1. The fourth-order valence-corrected chi connectivity index (χ4v) is 2.08. The third kappa shape index (κ3) is 3.03. The number of nitrogens with two attached hydrogens (primary N) is 1. The molecule has 0 atom stereocenters. The molecule has 0 aromatic heterocycles. The number of rotatable bonds is 4. The Bertz CT molecular complexity index is 629. The maximum atomic E-state index is 11.7. The van der Waals surface area contributed by atoms with Crippen molar-refractivity contribution in [2.45, 2.75) is 6.54 Å². The molecule has 0 aliphatic carbocycles. The summed E-state index contributed by atoms with van der Waals surface area (Å²) in [5.41, 5.74) is 8.28. The van der Waals surface area contributed by atoms with Crippen LogP contribution in [0.25, 0.3) is 0 Å². The van der Waals surface area contributed by atoms with Crippen molar-refractivity contribution in [3.8, 4) is 0 Å². The van der Waals surface area contributed by atoms with E-state index in [1.54, 1.807) is 18.2 Å². The standard InChI is InChI=1S/C15H15ClN2O2/c1-20-15(19)11-6-4-8-13(17)14(11)18-9-10-5-2-3-7-12(10)16/h2-8,18H,9,17H2,1H3. The highest BCUT2D eigenvalue weighted by Gasteiger charge is 2.14. The molecular weight excluding hydrogens is 276 g/mol. The van der Waals surface area contributed by atoms with Crippen LogP contribution in [-0.2, 0) is 11.3 Å². The lowest BCUT2D eigenvalue weighted by molar-refractivity contribution is 0.0602. The zero-order chi connectivity index (χ0) is 14.5. The number of hydrogen-bond donors (Lipinski definition) is 2. The summed E-state index contributed by atoms with van der Waals surface area (Å²) in [5, 5.41) is 3.80. The van der Waals surface area contributed by atoms with Crippen molar-refractivity contribution in [2.24, 2.45) is 0 Å². The molecule has 0 amide bonds. The molecular formula is C15H15ClN2O2. The summed E-state index contributed by atoms with van der Waals surface area (Å²) in [6, 6.07) is 12.6. The molecule has 2 rings (SSSR count). The lowest BCUT2D eigenvalue weighted by Crippen LogP contribution is -2.10. The fraction of sp³-hybridized carbons (Fsp3) is 0.133. The van der Waals surface area contributed by atoms with Gasteiger partial charge in [0.25, 0.3) is 0 Å². The Morgan fingerprint density at radius 3 is 2.70 bits per heavy atom. The first-order chi connectivity index (χ1) is 9.63. The number of nitrogen functional groups attached to an aromatic ring is 1. The molecule has 4 nitrogen and oxygen atoms in total. The Morgan fingerprint density at radius 1 is 1.25 bits per heavy atom. The van der Waals surface area contributed by atoms with Crippen LogP contribution < -0.4 is 11.1 Å². The topological polar surface area (TPSA) is 64.3 Å². The van der Waals surface area contributed by atoms with Gasteiger partial charge in [0, 0.05) is 11.6 Å². The van der Waals surface area contributed by atoms with Crippen molar-refractivity contribution in [1.82, 2.24) is 0 Å². The molecule has 0 heterocycles. The van der Waals surface area contributed by atoms with Gasteiger partial charge in [0.1, 0.15) is 0 Å². The predicted molar refractivity (Wildman–Crippen MR) is 81.0 cm³/mol.